The first kappa shape index (κ1) is 12.8. The minimum absolute atomic E-state index is 0.00169. The van der Waals surface area contributed by atoms with Crippen molar-refractivity contribution in [3.63, 3.8) is 0 Å². The maximum absolute atomic E-state index is 12.5. The quantitative estimate of drug-likeness (QED) is 0.813. The second-order valence-electron chi connectivity index (χ2n) is 4.92. The van der Waals surface area contributed by atoms with Crippen LogP contribution in [0.3, 0.4) is 0 Å². The van der Waals surface area contributed by atoms with Gasteiger partial charge in [-0.25, -0.2) is 0 Å². The highest BCUT2D eigenvalue weighted by Crippen LogP contribution is 2.26. The summed E-state index contributed by atoms with van der Waals surface area (Å²) in [6, 6.07) is 1.56. The van der Waals surface area contributed by atoms with Crippen molar-refractivity contribution in [3.8, 4) is 0 Å². The van der Waals surface area contributed by atoms with Crippen LogP contribution in [0.5, 0.6) is 0 Å². The van der Waals surface area contributed by atoms with Gasteiger partial charge in [-0.05, 0) is 25.3 Å². The van der Waals surface area contributed by atoms with Gasteiger partial charge < -0.3 is 15.7 Å². The molecule has 2 heterocycles. The molecule has 2 atom stereocenters. The van der Waals surface area contributed by atoms with Crippen molar-refractivity contribution < 1.29 is 9.90 Å². The summed E-state index contributed by atoms with van der Waals surface area (Å²) in [4.78, 5) is 18.3. The van der Waals surface area contributed by atoms with Crippen LogP contribution in [0.2, 0.25) is 0 Å². The van der Waals surface area contributed by atoms with Gasteiger partial charge >= 0.3 is 0 Å². The van der Waals surface area contributed by atoms with Crippen LogP contribution in [0.15, 0.2) is 12.3 Å². The Labute approximate surface area is 107 Å². The van der Waals surface area contributed by atoms with Gasteiger partial charge in [0.2, 0.25) is 0 Å². The molecular weight excluding hydrogens is 230 g/mol. The second kappa shape index (κ2) is 4.94. The van der Waals surface area contributed by atoms with Crippen molar-refractivity contribution >= 4 is 11.6 Å². The van der Waals surface area contributed by atoms with Gasteiger partial charge in [-0.2, -0.15) is 0 Å². The number of nitrogen functional groups attached to an aromatic ring is 1. The number of aliphatic hydroxyl groups is 1. The molecule has 3 N–H and O–H groups in total. The molecule has 1 saturated heterocycles. The SMILES string of the molecule is Cc1ncc(N)cc1C(=O)N1CCC(C)C1CO. The molecule has 5 nitrogen and oxygen atoms in total. The van der Waals surface area contributed by atoms with Gasteiger partial charge in [0.05, 0.1) is 35.8 Å². The number of carbonyl (C=O) groups excluding carboxylic acids is 1. The number of pyridine rings is 1. The summed E-state index contributed by atoms with van der Waals surface area (Å²) in [6.07, 6.45) is 2.47. The van der Waals surface area contributed by atoms with Crippen molar-refractivity contribution in [2.24, 2.45) is 5.92 Å². The molecule has 1 aliphatic heterocycles. The van der Waals surface area contributed by atoms with Gasteiger partial charge in [0.25, 0.3) is 5.91 Å². The predicted molar refractivity (Wildman–Crippen MR) is 69.1 cm³/mol. The van der Waals surface area contributed by atoms with E-state index < -0.39 is 0 Å². The Balaban J connectivity index is 2.28. The average Bonchev–Trinajstić information content (AvgIpc) is 2.72. The molecule has 0 saturated carbocycles. The Morgan fingerprint density at radius 2 is 2.39 bits per heavy atom. The fourth-order valence-corrected chi connectivity index (χ4v) is 2.46. The first-order valence-electron chi connectivity index (χ1n) is 6.18. The number of nitrogens with zero attached hydrogens (tertiary/aromatic N) is 2. The van der Waals surface area contributed by atoms with E-state index >= 15 is 0 Å². The highest BCUT2D eigenvalue weighted by molar-refractivity contribution is 5.96. The largest absolute Gasteiger partial charge is 0.397 e. The van der Waals surface area contributed by atoms with Crippen LogP contribution in [0.25, 0.3) is 0 Å². The normalized spacial score (nSPS) is 23.4. The standard InChI is InChI=1S/C13H19N3O2/c1-8-3-4-16(12(8)7-17)13(18)11-5-10(14)6-15-9(11)2/h5-6,8,12,17H,3-4,7,14H2,1-2H3. The van der Waals surface area contributed by atoms with Crippen LogP contribution in [0.1, 0.15) is 29.4 Å². The molecule has 0 aliphatic carbocycles. The molecule has 1 aliphatic rings. The molecule has 1 aromatic rings. The lowest BCUT2D eigenvalue weighted by atomic mass is 10.0. The summed E-state index contributed by atoms with van der Waals surface area (Å²) in [5.41, 5.74) is 7.36. The number of aryl methyl sites for hydroxylation is 1. The smallest absolute Gasteiger partial charge is 0.256 e. The lowest BCUT2D eigenvalue weighted by molar-refractivity contribution is 0.0647. The minimum atomic E-state index is -0.0988. The predicted octanol–water partition coefficient (Wildman–Crippen LogP) is 0.815. The van der Waals surface area contributed by atoms with Crippen LogP contribution >= 0.6 is 0 Å². The molecule has 0 aromatic carbocycles. The van der Waals surface area contributed by atoms with Gasteiger partial charge in [-0.1, -0.05) is 6.92 Å². The van der Waals surface area contributed by atoms with E-state index in [9.17, 15) is 9.90 Å². The molecular formula is C13H19N3O2. The maximum atomic E-state index is 12.5. The van der Waals surface area contributed by atoms with Crippen LogP contribution in [0.4, 0.5) is 5.69 Å². The zero-order valence-electron chi connectivity index (χ0n) is 10.8. The van der Waals surface area contributed by atoms with Crippen molar-refractivity contribution in [2.75, 3.05) is 18.9 Å². The third-order valence-corrected chi connectivity index (χ3v) is 3.67. The van der Waals surface area contributed by atoms with Crippen LogP contribution in [0, 0.1) is 12.8 Å². The second-order valence-corrected chi connectivity index (χ2v) is 4.92. The van der Waals surface area contributed by atoms with Crippen molar-refractivity contribution in [3.05, 3.63) is 23.5 Å². The van der Waals surface area contributed by atoms with Gasteiger partial charge in [0, 0.05) is 6.54 Å². The number of hydrogen-bond donors (Lipinski definition) is 2. The van der Waals surface area contributed by atoms with E-state index in [1.165, 1.54) is 0 Å². The number of carbonyl (C=O) groups is 1. The van der Waals surface area contributed by atoms with Gasteiger partial charge in [-0.3, -0.25) is 9.78 Å². The summed E-state index contributed by atoms with van der Waals surface area (Å²) >= 11 is 0. The Hall–Kier alpha value is -1.62. The van der Waals surface area contributed by atoms with Crippen LogP contribution < -0.4 is 5.73 Å². The lowest BCUT2D eigenvalue weighted by Crippen LogP contribution is -2.40. The van der Waals surface area contributed by atoms with E-state index in [0.717, 1.165) is 6.42 Å². The maximum Gasteiger partial charge on any atom is 0.256 e. The van der Waals surface area contributed by atoms with E-state index in [0.29, 0.717) is 29.4 Å². The molecule has 2 rings (SSSR count). The number of rotatable bonds is 2. The van der Waals surface area contributed by atoms with Crippen molar-refractivity contribution in [1.82, 2.24) is 9.88 Å². The highest BCUT2D eigenvalue weighted by Gasteiger charge is 2.34. The first-order valence-corrected chi connectivity index (χ1v) is 6.18. The van der Waals surface area contributed by atoms with E-state index in [1.54, 1.807) is 24.1 Å². The summed E-state index contributed by atoms with van der Waals surface area (Å²) < 4.78 is 0. The van der Waals surface area contributed by atoms with E-state index in [1.807, 2.05) is 0 Å². The topological polar surface area (TPSA) is 79.5 Å². The zero-order valence-corrected chi connectivity index (χ0v) is 10.8. The molecule has 1 aromatic heterocycles. The van der Waals surface area contributed by atoms with Gasteiger partial charge in [-0.15, -0.1) is 0 Å². The molecule has 0 bridgehead atoms. The molecule has 0 spiro atoms. The molecule has 18 heavy (non-hydrogen) atoms. The Morgan fingerprint density at radius 3 is 3.06 bits per heavy atom. The zero-order chi connectivity index (χ0) is 13.3. The minimum Gasteiger partial charge on any atom is -0.397 e. The number of aromatic nitrogens is 1. The Morgan fingerprint density at radius 1 is 1.67 bits per heavy atom. The number of aliphatic hydroxyl groups excluding tert-OH is 1. The van der Waals surface area contributed by atoms with Crippen molar-refractivity contribution in [2.45, 2.75) is 26.3 Å². The number of amides is 1. The van der Waals surface area contributed by atoms with Crippen LogP contribution in [-0.4, -0.2) is 40.1 Å². The fourth-order valence-electron chi connectivity index (χ4n) is 2.46. The summed E-state index contributed by atoms with van der Waals surface area (Å²) in [5.74, 6) is 0.240. The average molecular weight is 249 g/mol. The lowest BCUT2D eigenvalue weighted by Gasteiger charge is -2.25. The third kappa shape index (κ3) is 2.18. The molecule has 1 amide bonds. The molecule has 0 radical (unpaired) electrons. The third-order valence-electron chi connectivity index (χ3n) is 3.67. The van der Waals surface area contributed by atoms with Gasteiger partial charge in [0.15, 0.2) is 0 Å². The Bertz CT molecular complexity index is 462. The summed E-state index contributed by atoms with van der Waals surface area (Å²) in [6.45, 7) is 4.53. The van der Waals surface area contributed by atoms with Gasteiger partial charge in [0.1, 0.15) is 0 Å². The number of likely N-dealkylation sites (tertiary alicyclic amines) is 1. The molecule has 5 heteroatoms. The summed E-state index contributed by atoms with van der Waals surface area (Å²) in [7, 11) is 0. The molecule has 98 valence electrons. The first-order chi connectivity index (χ1) is 8.54. The number of anilines is 1. The molecule has 2 unspecified atom stereocenters. The fraction of sp³-hybridized carbons (Fsp3) is 0.538. The van der Waals surface area contributed by atoms with E-state index in [4.69, 9.17) is 5.73 Å². The van der Waals surface area contributed by atoms with E-state index in [-0.39, 0.29) is 18.6 Å². The Kier molecular flexibility index (Phi) is 3.52. The van der Waals surface area contributed by atoms with Crippen LogP contribution in [-0.2, 0) is 0 Å². The highest BCUT2D eigenvalue weighted by atomic mass is 16.3. The summed E-state index contributed by atoms with van der Waals surface area (Å²) in [5, 5.41) is 9.39. The molecule has 1 fully saturated rings. The number of hydrogen-bond acceptors (Lipinski definition) is 4. The van der Waals surface area contributed by atoms with E-state index in [2.05, 4.69) is 11.9 Å². The monoisotopic (exact) mass is 249 g/mol. The number of nitrogens with two attached hydrogens (primary N) is 1. The van der Waals surface area contributed by atoms with Crippen molar-refractivity contribution in [1.29, 1.82) is 0 Å².